The second-order valence-corrected chi connectivity index (χ2v) is 8.62. The number of nitrogens with zero attached hydrogens (tertiary/aromatic N) is 2. The summed E-state index contributed by atoms with van der Waals surface area (Å²) in [5.74, 6) is -0.257. The minimum atomic E-state index is -3.57. The van der Waals surface area contributed by atoms with Gasteiger partial charge in [0, 0.05) is 26.2 Å². The summed E-state index contributed by atoms with van der Waals surface area (Å²) >= 11 is 1.47. The number of hydrogen-bond donors (Lipinski definition) is 1. The molecule has 1 N–H and O–H groups in total. The van der Waals surface area contributed by atoms with Crippen LogP contribution >= 0.6 is 11.3 Å². The number of fused-ring (bicyclic) bond motifs is 1. The molecule has 25 heavy (non-hydrogen) atoms. The molecule has 2 aromatic carbocycles. The van der Waals surface area contributed by atoms with Crippen LogP contribution in [0, 0.1) is 0 Å². The van der Waals surface area contributed by atoms with Gasteiger partial charge in [-0.15, -0.1) is 11.3 Å². The lowest BCUT2D eigenvalue weighted by Gasteiger charge is -2.15. The molecule has 1 aromatic heterocycles. The Bertz CT molecular complexity index is 1030. The van der Waals surface area contributed by atoms with Crippen molar-refractivity contribution in [3.63, 3.8) is 0 Å². The van der Waals surface area contributed by atoms with Gasteiger partial charge < -0.3 is 5.32 Å². The van der Waals surface area contributed by atoms with E-state index in [-0.39, 0.29) is 17.3 Å². The molecule has 0 spiro atoms. The molecule has 0 unspecified atom stereocenters. The minimum Gasteiger partial charge on any atom is -0.348 e. The molecule has 0 aliphatic rings. The molecule has 130 valence electrons. The van der Waals surface area contributed by atoms with Gasteiger partial charge in [-0.05, 0) is 29.8 Å². The average molecular weight is 375 g/mol. The Morgan fingerprint density at radius 3 is 2.72 bits per heavy atom. The van der Waals surface area contributed by atoms with E-state index in [1.807, 2.05) is 0 Å². The fourth-order valence-corrected chi connectivity index (χ4v) is 4.20. The van der Waals surface area contributed by atoms with Crippen LogP contribution in [-0.4, -0.2) is 37.7 Å². The van der Waals surface area contributed by atoms with E-state index in [0.717, 1.165) is 14.5 Å². The normalized spacial score (nSPS) is 11.8. The van der Waals surface area contributed by atoms with E-state index >= 15 is 0 Å². The monoisotopic (exact) mass is 375 g/mol. The van der Waals surface area contributed by atoms with Gasteiger partial charge in [0.1, 0.15) is 0 Å². The first-order valence-corrected chi connectivity index (χ1v) is 9.83. The minimum absolute atomic E-state index is 0.128. The summed E-state index contributed by atoms with van der Waals surface area (Å²) in [6, 6.07) is 11.9. The average Bonchev–Trinajstić information content (AvgIpc) is 3.07. The van der Waals surface area contributed by atoms with Crippen LogP contribution in [0.25, 0.3) is 10.2 Å². The van der Waals surface area contributed by atoms with E-state index in [1.54, 1.807) is 48.0 Å². The highest BCUT2D eigenvalue weighted by Gasteiger charge is 2.21. The topological polar surface area (TPSA) is 79.4 Å². The summed E-state index contributed by atoms with van der Waals surface area (Å²) in [6.45, 7) is 0.128. The molecular weight excluding hydrogens is 358 g/mol. The number of carbonyl (C=O) groups excluding carboxylic acids is 1. The van der Waals surface area contributed by atoms with Crippen LogP contribution in [0.1, 0.15) is 15.9 Å². The summed E-state index contributed by atoms with van der Waals surface area (Å²) in [4.78, 5) is 16.8. The van der Waals surface area contributed by atoms with Crippen LogP contribution in [-0.2, 0) is 16.6 Å². The lowest BCUT2D eigenvalue weighted by molar-refractivity contribution is 0.0950. The van der Waals surface area contributed by atoms with E-state index in [0.29, 0.717) is 11.1 Å². The first-order valence-electron chi connectivity index (χ1n) is 7.51. The van der Waals surface area contributed by atoms with E-state index in [1.165, 1.54) is 25.4 Å². The smallest absolute Gasteiger partial charge is 0.251 e. The predicted octanol–water partition coefficient (Wildman–Crippen LogP) is 2.48. The van der Waals surface area contributed by atoms with Crippen molar-refractivity contribution in [2.75, 3.05) is 14.1 Å². The number of hydrogen-bond acceptors (Lipinski definition) is 5. The first kappa shape index (κ1) is 17.5. The Hall–Kier alpha value is -2.29. The maximum atomic E-state index is 12.4. The van der Waals surface area contributed by atoms with Crippen molar-refractivity contribution in [3.8, 4) is 0 Å². The van der Waals surface area contributed by atoms with Gasteiger partial charge >= 0.3 is 0 Å². The molecule has 1 heterocycles. The fourth-order valence-electron chi connectivity index (χ4n) is 2.37. The van der Waals surface area contributed by atoms with Crippen molar-refractivity contribution in [1.82, 2.24) is 14.6 Å². The maximum absolute atomic E-state index is 12.4. The number of amides is 1. The summed E-state index contributed by atoms with van der Waals surface area (Å²) < 4.78 is 26.9. The standard InChI is InChI=1S/C17H17N3O3S2/c1-20(2)25(22,23)16-6-4-3-5-13(16)10-18-17(21)12-7-8-14-15(9-12)24-11-19-14/h3-9,11H,10H2,1-2H3,(H,18,21). The maximum Gasteiger partial charge on any atom is 0.251 e. The first-order chi connectivity index (χ1) is 11.9. The largest absolute Gasteiger partial charge is 0.348 e. The highest BCUT2D eigenvalue weighted by atomic mass is 32.2. The van der Waals surface area contributed by atoms with Gasteiger partial charge in [0.25, 0.3) is 5.91 Å². The third-order valence-electron chi connectivity index (χ3n) is 3.76. The highest BCUT2D eigenvalue weighted by molar-refractivity contribution is 7.89. The predicted molar refractivity (Wildman–Crippen MR) is 98.1 cm³/mol. The zero-order valence-corrected chi connectivity index (χ0v) is 15.4. The molecule has 0 saturated carbocycles. The Balaban J connectivity index is 1.81. The van der Waals surface area contributed by atoms with Crippen molar-refractivity contribution < 1.29 is 13.2 Å². The summed E-state index contributed by atoms with van der Waals surface area (Å²) in [6.07, 6.45) is 0. The summed E-state index contributed by atoms with van der Waals surface area (Å²) in [5.41, 5.74) is 3.64. The van der Waals surface area contributed by atoms with E-state index in [9.17, 15) is 13.2 Å². The van der Waals surface area contributed by atoms with E-state index < -0.39 is 10.0 Å². The molecule has 0 aliphatic heterocycles. The van der Waals surface area contributed by atoms with Crippen LogP contribution in [0.3, 0.4) is 0 Å². The summed E-state index contributed by atoms with van der Waals surface area (Å²) in [5, 5.41) is 2.79. The molecule has 0 aliphatic carbocycles. The van der Waals surface area contributed by atoms with Gasteiger partial charge in [0.05, 0.1) is 20.6 Å². The van der Waals surface area contributed by atoms with E-state index in [4.69, 9.17) is 0 Å². The number of rotatable bonds is 5. The molecule has 1 amide bonds. The van der Waals surface area contributed by atoms with Crippen molar-refractivity contribution in [2.24, 2.45) is 0 Å². The third-order valence-corrected chi connectivity index (χ3v) is 6.47. The molecule has 0 bridgehead atoms. The van der Waals surface area contributed by atoms with Gasteiger partial charge in [-0.3, -0.25) is 4.79 Å². The Kier molecular flexibility index (Phi) is 4.85. The molecule has 0 radical (unpaired) electrons. The van der Waals surface area contributed by atoms with Crippen LogP contribution in [0.4, 0.5) is 0 Å². The molecule has 8 heteroatoms. The molecular formula is C17H17N3O3S2. The SMILES string of the molecule is CN(C)S(=O)(=O)c1ccccc1CNC(=O)c1ccc2ncsc2c1. The van der Waals surface area contributed by atoms with Gasteiger partial charge in [-0.2, -0.15) is 0 Å². The third kappa shape index (κ3) is 3.55. The molecule has 6 nitrogen and oxygen atoms in total. The second-order valence-electron chi connectivity index (χ2n) is 5.61. The van der Waals surface area contributed by atoms with Crippen molar-refractivity contribution in [2.45, 2.75) is 11.4 Å². The van der Waals surface area contributed by atoms with Crippen molar-refractivity contribution >= 4 is 37.5 Å². The number of benzene rings is 2. The Labute approximate surface area is 150 Å². The highest BCUT2D eigenvalue weighted by Crippen LogP contribution is 2.20. The zero-order chi connectivity index (χ0) is 18.0. The van der Waals surface area contributed by atoms with Crippen molar-refractivity contribution in [1.29, 1.82) is 0 Å². The van der Waals surface area contributed by atoms with Gasteiger partial charge in [-0.1, -0.05) is 18.2 Å². The second kappa shape index (κ2) is 6.91. The van der Waals surface area contributed by atoms with Crippen LogP contribution in [0.15, 0.2) is 52.9 Å². The van der Waals surface area contributed by atoms with Crippen molar-refractivity contribution in [3.05, 3.63) is 59.1 Å². The molecule has 3 aromatic rings. The Morgan fingerprint density at radius 1 is 1.20 bits per heavy atom. The van der Waals surface area contributed by atoms with E-state index in [2.05, 4.69) is 10.3 Å². The Morgan fingerprint density at radius 2 is 1.96 bits per heavy atom. The number of thiazole rings is 1. The van der Waals surface area contributed by atoms with Crippen LogP contribution < -0.4 is 5.32 Å². The number of nitrogens with one attached hydrogen (secondary N) is 1. The van der Waals surface area contributed by atoms with Crippen LogP contribution in [0.2, 0.25) is 0 Å². The van der Waals surface area contributed by atoms with Gasteiger partial charge in [0.15, 0.2) is 0 Å². The number of sulfonamides is 1. The summed E-state index contributed by atoms with van der Waals surface area (Å²) in [7, 11) is -0.604. The molecule has 0 atom stereocenters. The van der Waals surface area contributed by atoms with Crippen LogP contribution in [0.5, 0.6) is 0 Å². The lowest BCUT2D eigenvalue weighted by atomic mass is 10.2. The quantitative estimate of drug-likeness (QED) is 0.743. The number of aromatic nitrogens is 1. The lowest BCUT2D eigenvalue weighted by Crippen LogP contribution is -2.27. The fraction of sp³-hybridized carbons (Fsp3) is 0.176. The molecule has 3 rings (SSSR count). The number of carbonyl (C=O) groups is 1. The molecule has 0 fully saturated rings. The van der Waals surface area contributed by atoms with Gasteiger partial charge in [0.2, 0.25) is 10.0 Å². The zero-order valence-electron chi connectivity index (χ0n) is 13.8. The van der Waals surface area contributed by atoms with Gasteiger partial charge in [-0.25, -0.2) is 17.7 Å². The molecule has 0 saturated heterocycles.